The molecule has 0 aromatic carbocycles. The van der Waals surface area contributed by atoms with Crippen molar-refractivity contribution in [3.05, 3.63) is 26.7 Å². The van der Waals surface area contributed by atoms with Crippen LogP contribution in [-0.4, -0.2) is 0 Å². The first kappa shape index (κ1) is 23.3. The molecule has 0 rings (SSSR count). The van der Waals surface area contributed by atoms with Gasteiger partial charge in [-0.3, -0.25) is 6.58 Å². The Morgan fingerprint density at radius 1 is 1.56 bits per heavy atom. The molecule has 0 bridgehead atoms. The molecule has 0 fully saturated rings. The van der Waals surface area contributed by atoms with Crippen molar-refractivity contribution in [2.24, 2.45) is 0 Å². The summed E-state index contributed by atoms with van der Waals surface area (Å²) in [5, 5.41) is 6.25. The van der Waals surface area contributed by atoms with E-state index in [0.29, 0.717) is 0 Å². The van der Waals surface area contributed by atoms with Crippen LogP contribution in [0.15, 0.2) is 6.58 Å². The van der Waals surface area contributed by atoms with Gasteiger partial charge in [0, 0.05) is 17.1 Å². The van der Waals surface area contributed by atoms with Crippen molar-refractivity contribution in [3.63, 3.8) is 0 Å². The number of unbranched alkanes of at least 4 members (excludes halogenated alkanes) is 1. The van der Waals surface area contributed by atoms with Gasteiger partial charge in [-0.15, -0.1) is 0 Å². The van der Waals surface area contributed by atoms with E-state index in [1.165, 1.54) is 6.42 Å². The molecular weight excluding hydrogens is 162 g/mol. The Labute approximate surface area is 69.2 Å². The molecule has 0 aromatic heterocycles. The normalized spacial score (nSPS) is 4.00. The summed E-state index contributed by atoms with van der Waals surface area (Å²) in [6.45, 7) is 17.5. The molecule has 0 aliphatic carbocycles. The minimum Gasteiger partial charge on any atom is -0.521 e. The van der Waals surface area contributed by atoms with Crippen LogP contribution in [-0.2, 0) is 17.1 Å². The third-order valence-corrected chi connectivity index (χ3v) is 0.354. The first-order valence-electron chi connectivity index (χ1n) is 2.34. The Hall–Kier alpha value is -0.251. The Morgan fingerprint density at radius 2 is 1.67 bits per heavy atom. The van der Waals surface area contributed by atoms with Gasteiger partial charge in [-0.25, -0.2) is 0 Å². The standard InChI is InChI=1S/C4H9.C2H3.CN.Cu/c1-3-4-2;2*1-2;/h1,3-4H2,2H3;1H,2H2;;/q3*-1;. The van der Waals surface area contributed by atoms with Gasteiger partial charge in [0.1, 0.15) is 0 Å². The van der Waals surface area contributed by atoms with Crippen LogP contribution in [0.5, 0.6) is 0 Å². The average molecular weight is 174 g/mol. The van der Waals surface area contributed by atoms with E-state index in [1.807, 2.05) is 0 Å². The third kappa shape index (κ3) is 456. The molecule has 0 aromatic rings. The molecule has 0 aliphatic rings. The van der Waals surface area contributed by atoms with E-state index >= 15 is 0 Å². The number of nitrogens with zero attached hydrogens (tertiary/aromatic N) is 1. The molecule has 1 nitrogen and oxygen atoms in total. The van der Waals surface area contributed by atoms with Crippen molar-refractivity contribution in [3.8, 4) is 0 Å². The third-order valence-electron chi connectivity index (χ3n) is 0.354. The molecule has 0 N–H and O–H groups in total. The zero-order chi connectivity index (χ0) is 7.41. The largest absolute Gasteiger partial charge is 0.521 e. The Kier molecular flexibility index (Phi) is 299. The Morgan fingerprint density at radius 3 is 1.67 bits per heavy atom. The van der Waals surface area contributed by atoms with Crippen LogP contribution in [0.1, 0.15) is 19.8 Å². The fraction of sp³-hybridized carbons (Fsp3) is 0.429. The Bertz CT molecular complexity index is 33.1. The van der Waals surface area contributed by atoms with E-state index in [9.17, 15) is 0 Å². The minimum atomic E-state index is 0. The minimum absolute atomic E-state index is 0. The fourth-order valence-electron chi connectivity index (χ4n) is 0. The first-order chi connectivity index (χ1) is 3.91. The smallest absolute Gasteiger partial charge is 0 e. The molecule has 1 radical (unpaired) electrons. The summed E-state index contributed by atoms with van der Waals surface area (Å²) in [6, 6.07) is 0. The van der Waals surface area contributed by atoms with Crippen LogP contribution >= 0.6 is 0 Å². The molecule has 59 valence electrons. The van der Waals surface area contributed by atoms with Crippen LogP contribution in [0.4, 0.5) is 0 Å². The maximum absolute atomic E-state index is 6.25. The number of rotatable bonds is 1. The second-order valence-electron chi connectivity index (χ2n) is 0.854. The van der Waals surface area contributed by atoms with E-state index in [2.05, 4.69) is 27.0 Å². The molecule has 0 spiro atoms. The molecule has 9 heavy (non-hydrogen) atoms. The van der Waals surface area contributed by atoms with Crippen molar-refractivity contribution in [2.45, 2.75) is 19.8 Å². The van der Waals surface area contributed by atoms with Crippen molar-refractivity contribution in [1.29, 1.82) is 5.26 Å². The quantitative estimate of drug-likeness (QED) is 0.441. The van der Waals surface area contributed by atoms with Crippen molar-refractivity contribution in [2.75, 3.05) is 0 Å². The van der Waals surface area contributed by atoms with Gasteiger partial charge in [0.15, 0.2) is 0 Å². The molecule has 0 unspecified atom stereocenters. The van der Waals surface area contributed by atoms with Gasteiger partial charge in [0.05, 0.1) is 0 Å². The van der Waals surface area contributed by atoms with Gasteiger partial charge in [0.25, 0.3) is 0 Å². The monoisotopic (exact) mass is 173 g/mol. The summed E-state index contributed by atoms with van der Waals surface area (Å²) in [5.74, 6) is 0. The second-order valence-corrected chi connectivity index (χ2v) is 0.854. The predicted molar refractivity (Wildman–Crippen MR) is 35.2 cm³/mol. The molecule has 2 heteroatoms. The topological polar surface area (TPSA) is 23.8 Å². The van der Waals surface area contributed by atoms with Gasteiger partial charge in [-0.2, -0.15) is 6.42 Å². The van der Waals surface area contributed by atoms with Crippen LogP contribution in [0.3, 0.4) is 0 Å². The van der Waals surface area contributed by atoms with Gasteiger partial charge in [0.2, 0.25) is 0 Å². The van der Waals surface area contributed by atoms with Crippen molar-refractivity contribution < 1.29 is 17.1 Å². The summed E-state index contributed by atoms with van der Waals surface area (Å²) >= 11 is 0. The SMILES string of the molecule is [C-]#N.[CH-]=C.[CH2-]CCC.[Cu]. The summed E-state index contributed by atoms with van der Waals surface area (Å²) in [7, 11) is 0. The molecule has 0 aliphatic heterocycles. The molecule has 0 atom stereocenters. The zero-order valence-electron chi connectivity index (χ0n) is 5.65. The fourth-order valence-corrected chi connectivity index (χ4v) is 0. The average Bonchev–Trinajstić information content (AvgIpc) is 1.96. The van der Waals surface area contributed by atoms with Crippen molar-refractivity contribution >= 4 is 0 Å². The number of hydrogen-bond donors (Lipinski definition) is 0. The molecule has 0 amide bonds. The first-order valence-corrected chi connectivity index (χ1v) is 2.34. The van der Waals surface area contributed by atoms with E-state index in [-0.39, 0.29) is 17.1 Å². The van der Waals surface area contributed by atoms with Gasteiger partial charge >= 0.3 is 0 Å². The molecule has 0 heterocycles. The molecule has 0 saturated carbocycles. The molecular formula is C7H12CuN-3. The predicted octanol–water partition coefficient (Wildman–Crippen LogP) is 2.32. The van der Waals surface area contributed by atoms with Crippen LogP contribution in [0, 0.1) is 25.3 Å². The summed E-state index contributed by atoms with van der Waals surface area (Å²) in [4.78, 5) is 0. The van der Waals surface area contributed by atoms with Gasteiger partial charge in [-0.1, -0.05) is 13.3 Å². The van der Waals surface area contributed by atoms with E-state index < -0.39 is 0 Å². The molecule has 0 saturated heterocycles. The maximum atomic E-state index is 6.25. The van der Waals surface area contributed by atoms with Crippen molar-refractivity contribution in [1.82, 2.24) is 0 Å². The van der Waals surface area contributed by atoms with E-state index in [1.54, 1.807) is 0 Å². The van der Waals surface area contributed by atoms with Crippen LogP contribution < -0.4 is 0 Å². The number of hydrogen-bond acceptors (Lipinski definition) is 1. The van der Waals surface area contributed by atoms with Gasteiger partial charge < -0.3 is 25.3 Å². The summed E-state index contributed by atoms with van der Waals surface area (Å²) < 4.78 is 0. The van der Waals surface area contributed by atoms with Crippen LogP contribution in [0.2, 0.25) is 0 Å². The zero-order valence-corrected chi connectivity index (χ0v) is 6.60. The van der Waals surface area contributed by atoms with Crippen LogP contribution in [0.25, 0.3) is 0 Å². The second kappa shape index (κ2) is 115. The summed E-state index contributed by atoms with van der Waals surface area (Å²) in [5.41, 5.74) is 0. The van der Waals surface area contributed by atoms with Gasteiger partial charge in [-0.05, 0) is 0 Å². The van der Waals surface area contributed by atoms with E-state index in [4.69, 9.17) is 11.8 Å². The van der Waals surface area contributed by atoms with E-state index in [0.717, 1.165) is 6.42 Å². The summed E-state index contributed by atoms with van der Waals surface area (Å²) in [6.07, 6.45) is 2.28. The Balaban J connectivity index is -0.0000000221. The maximum Gasteiger partial charge on any atom is 0 e.